The number of rotatable bonds is 3. The molecular formula is C12H22O. The van der Waals surface area contributed by atoms with Crippen molar-refractivity contribution in [3.63, 3.8) is 0 Å². The molecule has 1 aliphatic carbocycles. The molecule has 0 amide bonds. The van der Waals surface area contributed by atoms with Crippen molar-refractivity contribution in [3.8, 4) is 0 Å². The van der Waals surface area contributed by atoms with Crippen LogP contribution in [0.2, 0.25) is 0 Å². The first-order chi connectivity index (χ1) is 6.25. The number of aliphatic hydroxyl groups is 1. The van der Waals surface area contributed by atoms with Crippen molar-refractivity contribution in [2.75, 3.05) is 0 Å². The Balaban J connectivity index is 2.47. The Kier molecular flexibility index (Phi) is 4.51. The molecule has 1 saturated carbocycles. The van der Waals surface area contributed by atoms with E-state index in [2.05, 4.69) is 13.5 Å². The first-order valence-electron chi connectivity index (χ1n) is 5.54. The van der Waals surface area contributed by atoms with Crippen LogP contribution in [-0.2, 0) is 0 Å². The summed E-state index contributed by atoms with van der Waals surface area (Å²) in [5.74, 6) is 1.12. The molecule has 3 atom stereocenters. The smallest absolute Gasteiger partial charge is 0.0571 e. The molecule has 0 spiro atoms. The fourth-order valence-corrected chi connectivity index (χ4v) is 2.42. The molecule has 0 radical (unpaired) electrons. The van der Waals surface area contributed by atoms with E-state index in [1.165, 1.54) is 25.7 Å². The maximum Gasteiger partial charge on any atom is 0.0571 e. The molecule has 0 aromatic heterocycles. The van der Waals surface area contributed by atoms with E-state index < -0.39 is 0 Å². The quantitative estimate of drug-likeness (QED) is 0.525. The van der Waals surface area contributed by atoms with Gasteiger partial charge in [0.15, 0.2) is 0 Å². The molecule has 1 fully saturated rings. The summed E-state index contributed by atoms with van der Waals surface area (Å²) >= 11 is 0. The molecule has 0 heterocycles. The van der Waals surface area contributed by atoms with Crippen LogP contribution in [0.5, 0.6) is 0 Å². The second-order valence-corrected chi connectivity index (χ2v) is 4.37. The largest absolute Gasteiger partial charge is 0.393 e. The summed E-state index contributed by atoms with van der Waals surface area (Å²) in [4.78, 5) is 0. The summed E-state index contributed by atoms with van der Waals surface area (Å²) in [7, 11) is 0. The van der Waals surface area contributed by atoms with E-state index in [0.717, 1.165) is 12.8 Å². The Morgan fingerprint density at radius 3 is 2.77 bits per heavy atom. The Morgan fingerprint density at radius 2 is 2.08 bits per heavy atom. The number of hydrogen-bond acceptors (Lipinski definition) is 1. The molecule has 0 bridgehead atoms. The second kappa shape index (κ2) is 5.43. The third-order valence-corrected chi connectivity index (χ3v) is 3.30. The van der Waals surface area contributed by atoms with Gasteiger partial charge in [0.2, 0.25) is 0 Å². The van der Waals surface area contributed by atoms with Crippen molar-refractivity contribution in [1.82, 2.24) is 0 Å². The van der Waals surface area contributed by atoms with Crippen molar-refractivity contribution in [2.24, 2.45) is 11.8 Å². The van der Waals surface area contributed by atoms with Crippen molar-refractivity contribution in [3.05, 3.63) is 12.7 Å². The Bertz CT molecular complexity index is 153. The molecule has 0 saturated heterocycles. The Hall–Kier alpha value is -0.300. The van der Waals surface area contributed by atoms with Gasteiger partial charge in [-0.25, -0.2) is 0 Å². The molecule has 0 aromatic carbocycles. The molecule has 1 aliphatic rings. The van der Waals surface area contributed by atoms with Crippen LogP contribution >= 0.6 is 0 Å². The fourth-order valence-electron chi connectivity index (χ4n) is 2.42. The zero-order valence-electron chi connectivity index (χ0n) is 8.71. The summed E-state index contributed by atoms with van der Waals surface area (Å²) in [6, 6.07) is 0. The van der Waals surface area contributed by atoms with E-state index in [0.29, 0.717) is 11.8 Å². The van der Waals surface area contributed by atoms with Gasteiger partial charge >= 0.3 is 0 Å². The van der Waals surface area contributed by atoms with Gasteiger partial charge in [-0.05, 0) is 31.1 Å². The van der Waals surface area contributed by atoms with Crippen LogP contribution in [0.3, 0.4) is 0 Å². The first kappa shape index (κ1) is 10.8. The summed E-state index contributed by atoms with van der Waals surface area (Å²) in [6.45, 7) is 6.00. The monoisotopic (exact) mass is 182 g/mol. The van der Waals surface area contributed by atoms with Gasteiger partial charge in [0, 0.05) is 0 Å². The predicted octanol–water partition coefficient (Wildman–Crippen LogP) is 3.14. The maximum atomic E-state index is 9.91. The summed E-state index contributed by atoms with van der Waals surface area (Å²) in [5.41, 5.74) is 0. The lowest BCUT2D eigenvalue weighted by Crippen LogP contribution is -2.25. The molecular weight excluding hydrogens is 160 g/mol. The van der Waals surface area contributed by atoms with Gasteiger partial charge < -0.3 is 5.11 Å². The summed E-state index contributed by atoms with van der Waals surface area (Å²) in [6.07, 6.45) is 8.97. The van der Waals surface area contributed by atoms with E-state index in [9.17, 15) is 5.11 Å². The Morgan fingerprint density at radius 1 is 1.38 bits per heavy atom. The van der Waals surface area contributed by atoms with Crippen LogP contribution in [0.15, 0.2) is 12.7 Å². The molecule has 0 aliphatic heterocycles. The molecule has 1 nitrogen and oxygen atoms in total. The van der Waals surface area contributed by atoms with Crippen LogP contribution in [0.1, 0.15) is 45.4 Å². The first-order valence-corrected chi connectivity index (χ1v) is 5.54. The molecule has 1 heteroatoms. The normalized spacial score (nSPS) is 32.2. The molecule has 1 unspecified atom stereocenters. The van der Waals surface area contributed by atoms with Crippen LogP contribution in [0, 0.1) is 11.8 Å². The summed E-state index contributed by atoms with van der Waals surface area (Å²) < 4.78 is 0. The van der Waals surface area contributed by atoms with Crippen molar-refractivity contribution in [1.29, 1.82) is 0 Å². The van der Waals surface area contributed by atoms with Gasteiger partial charge in [-0.15, -0.1) is 6.58 Å². The van der Waals surface area contributed by atoms with Gasteiger partial charge in [-0.2, -0.15) is 0 Å². The average molecular weight is 182 g/mol. The lowest BCUT2D eigenvalue weighted by Gasteiger charge is -2.26. The van der Waals surface area contributed by atoms with Crippen LogP contribution in [0.25, 0.3) is 0 Å². The highest BCUT2D eigenvalue weighted by Crippen LogP contribution is 2.30. The van der Waals surface area contributed by atoms with Gasteiger partial charge in [0.05, 0.1) is 6.10 Å². The minimum Gasteiger partial charge on any atom is -0.393 e. The number of hydrogen-bond donors (Lipinski definition) is 1. The van der Waals surface area contributed by atoms with E-state index in [1.807, 2.05) is 6.08 Å². The maximum absolute atomic E-state index is 9.91. The third-order valence-electron chi connectivity index (χ3n) is 3.30. The highest BCUT2D eigenvalue weighted by atomic mass is 16.3. The third kappa shape index (κ3) is 3.15. The highest BCUT2D eigenvalue weighted by Gasteiger charge is 2.25. The predicted molar refractivity (Wildman–Crippen MR) is 56.6 cm³/mol. The number of allylic oxidation sites excluding steroid dienone is 1. The van der Waals surface area contributed by atoms with Crippen molar-refractivity contribution < 1.29 is 5.11 Å². The van der Waals surface area contributed by atoms with Crippen LogP contribution in [0.4, 0.5) is 0 Å². The standard InChI is InChI=1S/C12H22O/c1-3-7-10(2)11-8-5-4-6-9-12(11)13/h3,10-13H,1,4-9H2,2H3/t10?,11-,12+/m0/s1. The van der Waals surface area contributed by atoms with Gasteiger partial charge in [-0.3, -0.25) is 0 Å². The average Bonchev–Trinajstić information content (AvgIpc) is 2.30. The van der Waals surface area contributed by atoms with E-state index >= 15 is 0 Å². The summed E-state index contributed by atoms with van der Waals surface area (Å²) in [5, 5.41) is 9.91. The topological polar surface area (TPSA) is 20.2 Å². The van der Waals surface area contributed by atoms with Crippen molar-refractivity contribution >= 4 is 0 Å². The number of aliphatic hydroxyl groups excluding tert-OH is 1. The fraction of sp³-hybridized carbons (Fsp3) is 0.833. The lowest BCUT2D eigenvalue weighted by atomic mass is 9.83. The Labute approximate surface area is 81.9 Å². The molecule has 13 heavy (non-hydrogen) atoms. The van der Waals surface area contributed by atoms with Crippen LogP contribution in [-0.4, -0.2) is 11.2 Å². The zero-order valence-corrected chi connectivity index (χ0v) is 8.71. The molecule has 1 rings (SSSR count). The molecule has 1 N–H and O–H groups in total. The minimum atomic E-state index is -0.0579. The van der Waals surface area contributed by atoms with Gasteiger partial charge in [-0.1, -0.05) is 32.3 Å². The van der Waals surface area contributed by atoms with E-state index in [1.54, 1.807) is 0 Å². The van der Waals surface area contributed by atoms with Crippen LogP contribution < -0.4 is 0 Å². The minimum absolute atomic E-state index is 0.0579. The molecule has 76 valence electrons. The van der Waals surface area contributed by atoms with Gasteiger partial charge in [0.25, 0.3) is 0 Å². The SMILES string of the molecule is C=CCC(C)[C@@H]1CCCCC[C@H]1O. The van der Waals surface area contributed by atoms with Crippen molar-refractivity contribution in [2.45, 2.75) is 51.6 Å². The second-order valence-electron chi connectivity index (χ2n) is 4.37. The lowest BCUT2D eigenvalue weighted by molar-refractivity contribution is 0.0714. The van der Waals surface area contributed by atoms with E-state index in [-0.39, 0.29) is 6.10 Å². The zero-order chi connectivity index (χ0) is 9.68. The van der Waals surface area contributed by atoms with E-state index in [4.69, 9.17) is 0 Å². The van der Waals surface area contributed by atoms with Gasteiger partial charge in [0.1, 0.15) is 0 Å². The highest BCUT2D eigenvalue weighted by molar-refractivity contribution is 4.81. The molecule has 0 aromatic rings.